The van der Waals surface area contributed by atoms with Gasteiger partial charge in [-0.25, -0.2) is 0 Å². The topological polar surface area (TPSA) is 37.0 Å². The van der Waals surface area contributed by atoms with Gasteiger partial charge in [0.1, 0.15) is 0 Å². The van der Waals surface area contributed by atoms with Gasteiger partial charge in [-0.2, -0.15) is 0 Å². The average molecular weight is 249 g/mol. The third kappa shape index (κ3) is 4.55. The Hall–Kier alpha value is -1.25. The molecule has 1 heterocycles. The number of nitrogens with zero attached hydrogens (tertiary/aromatic N) is 1. The molecule has 0 aliphatic rings. The molecule has 1 rings (SSSR count). The highest BCUT2D eigenvalue weighted by Gasteiger charge is 2.16. The molecule has 0 radical (unpaired) electrons. The third-order valence-corrected chi connectivity index (χ3v) is 3.37. The SMILES string of the molecule is CCNc1cncc(NCC(C(C)C)C(C)C)c1. The molecule has 0 saturated carbocycles. The van der Waals surface area contributed by atoms with Crippen LogP contribution < -0.4 is 10.6 Å². The molecule has 0 fully saturated rings. The highest BCUT2D eigenvalue weighted by molar-refractivity contribution is 5.53. The summed E-state index contributed by atoms with van der Waals surface area (Å²) in [7, 11) is 0. The Balaban J connectivity index is 2.59. The van der Waals surface area contributed by atoms with E-state index < -0.39 is 0 Å². The van der Waals surface area contributed by atoms with Gasteiger partial charge in [-0.3, -0.25) is 4.98 Å². The average Bonchev–Trinajstić information content (AvgIpc) is 2.29. The summed E-state index contributed by atoms with van der Waals surface area (Å²) in [5, 5.41) is 6.78. The predicted molar refractivity (Wildman–Crippen MR) is 80.1 cm³/mol. The van der Waals surface area contributed by atoms with Crippen LogP contribution in [0.5, 0.6) is 0 Å². The first-order valence-corrected chi connectivity index (χ1v) is 6.97. The lowest BCUT2D eigenvalue weighted by Gasteiger charge is -2.25. The van der Waals surface area contributed by atoms with Gasteiger partial charge in [0.05, 0.1) is 23.8 Å². The molecule has 0 spiro atoms. The zero-order valence-corrected chi connectivity index (χ0v) is 12.3. The van der Waals surface area contributed by atoms with Gasteiger partial charge in [-0.05, 0) is 30.7 Å². The highest BCUT2D eigenvalue weighted by Crippen LogP contribution is 2.21. The molecule has 18 heavy (non-hydrogen) atoms. The maximum atomic E-state index is 4.25. The Labute approximate surface area is 111 Å². The van der Waals surface area contributed by atoms with Crippen LogP contribution in [0.3, 0.4) is 0 Å². The monoisotopic (exact) mass is 249 g/mol. The maximum Gasteiger partial charge on any atom is 0.0547 e. The summed E-state index contributed by atoms with van der Waals surface area (Å²) in [5.41, 5.74) is 2.17. The van der Waals surface area contributed by atoms with Gasteiger partial charge in [0.2, 0.25) is 0 Å². The first kappa shape index (κ1) is 14.8. The van der Waals surface area contributed by atoms with E-state index in [9.17, 15) is 0 Å². The zero-order valence-electron chi connectivity index (χ0n) is 12.3. The van der Waals surface area contributed by atoms with E-state index >= 15 is 0 Å². The maximum absolute atomic E-state index is 4.25. The number of nitrogens with one attached hydrogen (secondary N) is 2. The number of hydrogen-bond acceptors (Lipinski definition) is 3. The molecular weight excluding hydrogens is 222 g/mol. The Morgan fingerprint density at radius 2 is 1.56 bits per heavy atom. The normalized spacial score (nSPS) is 11.3. The highest BCUT2D eigenvalue weighted by atomic mass is 14.9. The van der Waals surface area contributed by atoms with E-state index in [4.69, 9.17) is 0 Å². The number of pyridine rings is 1. The zero-order chi connectivity index (χ0) is 13.5. The lowest BCUT2D eigenvalue weighted by Crippen LogP contribution is -2.24. The molecule has 1 aromatic rings. The Morgan fingerprint density at radius 1 is 1.00 bits per heavy atom. The van der Waals surface area contributed by atoms with Crippen LogP contribution in [0.15, 0.2) is 18.5 Å². The summed E-state index contributed by atoms with van der Waals surface area (Å²) < 4.78 is 0. The molecule has 0 unspecified atom stereocenters. The summed E-state index contributed by atoms with van der Waals surface area (Å²) in [4.78, 5) is 4.25. The smallest absolute Gasteiger partial charge is 0.0547 e. The van der Waals surface area contributed by atoms with Crippen LogP contribution in [0.4, 0.5) is 11.4 Å². The van der Waals surface area contributed by atoms with Crippen molar-refractivity contribution in [2.24, 2.45) is 17.8 Å². The minimum Gasteiger partial charge on any atom is -0.384 e. The Bertz CT molecular complexity index is 339. The second-order valence-electron chi connectivity index (χ2n) is 5.53. The second-order valence-corrected chi connectivity index (χ2v) is 5.53. The molecule has 0 amide bonds. The van der Waals surface area contributed by atoms with E-state index in [0.717, 1.165) is 24.5 Å². The van der Waals surface area contributed by atoms with Crippen molar-refractivity contribution in [1.29, 1.82) is 0 Å². The van der Waals surface area contributed by atoms with Crippen LogP contribution in [0, 0.1) is 17.8 Å². The van der Waals surface area contributed by atoms with Crippen molar-refractivity contribution in [1.82, 2.24) is 4.98 Å². The summed E-state index contributed by atoms with van der Waals surface area (Å²) in [5.74, 6) is 2.08. The van der Waals surface area contributed by atoms with Gasteiger partial charge in [-0.1, -0.05) is 27.7 Å². The first-order valence-electron chi connectivity index (χ1n) is 6.97. The van der Waals surface area contributed by atoms with Crippen LogP contribution in [0.2, 0.25) is 0 Å². The standard InChI is InChI=1S/C15H27N3/c1-6-17-13-7-14(9-16-8-13)18-10-15(11(2)3)12(4)5/h7-9,11-12,15,17-18H,6,10H2,1-5H3. The Kier molecular flexibility index (Phi) is 5.96. The minimum absolute atomic E-state index is 0.688. The van der Waals surface area contributed by atoms with Gasteiger partial charge in [0.25, 0.3) is 0 Å². The van der Waals surface area contributed by atoms with Gasteiger partial charge < -0.3 is 10.6 Å². The van der Waals surface area contributed by atoms with Crippen molar-refractivity contribution < 1.29 is 0 Å². The number of hydrogen-bond donors (Lipinski definition) is 2. The molecule has 0 bridgehead atoms. The van der Waals surface area contributed by atoms with Crippen molar-refractivity contribution in [2.45, 2.75) is 34.6 Å². The van der Waals surface area contributed by atoms with Crippen LogP contribution in [0.1, 0.15) is 34.6 Å². The number of rotatable bonds is 7. The molecule has 0 aliphatic carbocycles. The molecule has 3 nitrogen and oxygen atoms in total. The van der Waals surface area contributed by atoms with Gasteiger partial charge >= 0.3 is 0 Å². The van der Waals surface area contributed by atoms with Crippen LogP contribution in [-0.4, -0.2) is 18.1 Å². The van der Waals surface area contributed by atoms with Crippen LogP contribution >= 0.6 is 0 Å². The second kappa shape index (κ2) is 7.24. The van der Waals surface area contributed by atoms with Crippen LogP contribution in [0.25, 0.3) is 0 Å². The van der Waals surface area contributed by atoms with E-state index in [-0.39, 0.29) is 0 Å². The minimum atomic E-state index is 0.688. The van der Waals surface area contributed by atoms with Crippen molar-refractivity contribution in [3.8, 4) is 0 Å². The molecule has 0 aliphatic heterocycles. The van der Waals surface area contributed by atoms with Gasteiger partial charge in [0, 0.05) is 13.1 Å². The molecule has 102 valence electrons. The quantitative estimate of drug-likeness (QED) is 0.770. The van der Waals surface area contributed by atoms with E-state index in [1.54, 1.807) is 0 Å². The lowest BCUT2D eigenvalue weighted by atomic mass is 9.85. The van der Waals surface area contributed by atoms with E-state index in [0.29, 0.717) is 17.8 Å². The molecule has 0 aromatic carbocycles. The molecule has 0 saturated heterocycles. The fourth-order valence-electron chi connectivity index (χ4n) is 2.31. The lowest BCUT2D eigenvalue weighted by molar-refractivity contribution is 0.304. The van der Waals surface area contributed by atoms with Gasteiger partial charge in [0.15, 0.2) is 0 Å². The largest absolute Gasteiger partial charge is 0.384 e. The van der Waals surface area contributed by atoms with Gasteiger partial charge in [-0.15, -0.1) is 0 Å². The molecule has 2 N–H and O–H groups in total. The van der Waals surface area contributed by atoms with Crippen molar-refractivity contribution in [2.75, 3.05) is 23.7 Å². The molecular formula is C15H27N3. The summed E-state index contributed by atoms with van der Waals surface area (Å²) in [6.07, 6.45) is 3.75. The first-order chi connectivity index (χ1) is 8.54. The predicted octanol–water partition coefficient (Wildman–Crippen LogP) is 3.85. The number of aromatic nitrogens is 1. The Morgan fingerprint density at radius 3 is 2.06 bits per heavy atom. The fraction of sp³-hybridized carbons (Fsp3) is 0.667. The van der Waals surface area contributed by atoms with E-state index in [2.05, 4.69) is 56.3 Å². The van der Waals surface area contributed by atoms with E-state index in [1.807, 2.05) is 12.4 Å². The van der Waals surface area contributed by atoms with Crippen molar-refractivity contribution in [3.05, 3.63) is 18.5 Å². The molecule has 3 heteroatoms. The fourth-order valence-corrected chi connectivity index (χ4v) is 2.31. The molecule has 0 atom stereocenters. The summed E-state index contributed by atoms with van der Waals surface area (Å²) in [6, 6.07) is 2.12. The van der Waals surface area contributed by atoms with Crippen molar-refractivity contribution >= 4 is 11.4 Å². The number of anilines is 2. The third-order valence-electron chi connectivity index (χ3n) is 3.37. The van der Waals surface area contributed by atoms with Crippen molar-refractivity contribution in [3.63, 3.8) is 0 Å². The van der Waals surface area contributed by atoms with E-state index in [1.165, 1.54) is 0 Å². The molecule has 1 aromatic heterocycles. The van der Waals surface area contributed by atoms with Crippen LogP contribution in [-0.2, 0) is 0 Å². The summed E-state index contributed by atoms with van der Waals surface area (Å²) in [6.45, 7) is 13.2. The summed E-state index contributed by atoms with van der Waals surface area (Å²) >= 11 is 0.